The SMILES string of the molecule is C=C[C@@]12C[C@@H]1[C@@H](n1ccc3c(N)ncnc31)[C@@H]1OC(C)(C)O[C@@H]12.CC1(C)O[C@H]2[C@H](n3ccc4c(N)ncnc43)[C@H]3C[C@@]3(CCc3ccc4cc(Br)c(N)nc4c3)[C@H]2O1.Nc1nc2cc(CC[C@@]34C[C@@H]3[C@@H](n3ccc5c(N)ncnc53)[C@H](O)[C@@H]4O)ccc2cc1Br.Nc1nc2cc(I)ccc2cc1Br. The van der Waals surface area contributed by atoms with Gasteiger partial charge in [-0.3, -0.25) is 0 Å². The van der Waals surface area contributed by atoms with Crippen molar-refractivity contribution in [3.63, 3.8) is 0 Å². The molecule has 11 heterocycles. The van der Waals surface area contributed by atoms with Crippen LogP contribution in [0.25, 0.3) is 65.8 Å². The molecule has 0 bridgehead atoms. The van der Waals surface area contributed by atoms with Gasteiger partial charge in [-0.1, -0.05) is 36.4 Å². The lowest BCUT2D eigenvalue weighted by molar-refractivity contribution is -0.161. The lowest BCUT2D eigenvalue weighted by Crippen LogP contribution is -2.34. The fourth-order valence-corrected chi connectivity index (χ4v) is 19.6. The van der Waals surface area contributed by atoms with E-state index in [1.165, 1.54) is 28.1 Å². The molecule has 530 valence electrons. The van der Waals surface area contributed by atoms with Gasteiger partial charge in [0.05, 0.1) is 82.6 Å². The monoisotopic (exact) mass is 1690 g/mol. The first-order valence-corrected chi connectivity index (χ1v) is 37.9. The molecule has 2 aliphatic heterocycles. The summed E-state index contributed by atoms with van der Waals surface area (Å²) in [6, 6.07) is 30.7. The number of aliphatic hydroxyl groups is 2. The Hall–Kier alpha value is -7.78. The van der Waals surface area contributed by atoms with E-state index in [0.29, 0.717) is 52.4 Å². The highest BCUT2D eigenvalue weighted by Gasteiger charge is 2.77. The number of nitrogens with zero attached hydrogens (tertiary/aromatic N) is 12. The fraction of sp³-hybridized carbons (Fsp3) is 0.373. The minimum absolute atomic E-state index is 0.00791. The first-order chi connectivity index (χ1) is 49.3. The quantitative estimate of drug-likeness (QED) is 0.0466. The molecule has 0 unspecified atom stereocenters. The third-order valence-electron chi connectivity index (χ3n) is 23.2. The molecule has 0 radical (unpaired) electrons. The van der Waals surface area contributed by atoms with Gasteiger partial charge in [-0.05, 0) is 233 Å². The molecule has 9 aromatic heterocycles. The van der Waals surface area contributed by atoms with Crippen LogP contribution in [-0.4, -0.2) is 117 Å². The standard InChI is InChI=1S/C26H27BrN6O2.C23H23BrN6O2.C17H20N4O2.C9H6BrIN2/c1-25(2)34-20-19(33-8-6-15-22(28)30-12-31-24(15)33)16-11-26(16,21(20)35-25)7-5-13-3-4-14-10-17(27)23(29)32-18(14)9-13;24-15-8-12-2-1-11(7-16(12)29-21(15)26)3-5-23-9-14(23)17(18(31)19(23)32)30-6-4-13-20(25)27-10-28-22(13)30;1-4-17-7-10(17)11(12-13(17)23-16(2,3)22-12)21-6-5-9-14(18)19-8-20-15(9)21;10-7-3-5-1-2-6(11)4-8(5)13-9(7)12/h3-4,6,8-10,12,16,19-21H,5,7,11H2,1-2H3,(H2,29,32)(H2,28,30,31);1-2,4,6-8,10,14,17-19,31-32H,3,5,9H2,(H2,26,29)(H2,25,27,28);4-6,8,10-13H,1,7H2,2-3H3,(H2,18,19,20);1-4H,(H2,12,13)/t16-,19-,20+,21+,26-;14-,17-,18+,19+,23-;10-,11-,12+,13+,17-;/m111./s1. The van der Waals surface area contributed by atoms with Crippen LogP contribution in [0.15, 0.2) is 155 Å². The number of aromatic nitrogens is 12. The van der Waals surface area contributed by atoms with Crippen LogP contribution in [-0.2, 0) is 31.8 Å². The molecule has 14 N–H and O–H groups in total. The van der Waals surface area contributed by atoms with Crippen molar-refractivity contribution in [3.05, 3.63) is 169 Å². The van der Waals surface area contributed by atoms with Crippen LogP contribution in [0, 0.1) is 37.6 Å². The Kier molecular flexibility index (Phi) is 16.5. The lowest BCUT2D eigenvalue weighted by Gasteiger charge is -2.24. The number of pyridine rings is 3. The molecule has 6 saturated carbocycles. The summed E-state index contributed by atoms with van der Waals surface area (Å²) in [6.07, 6.45) is 17.7. The Morgan fingerprint density at radius 3 is 1.39 bits per heavy atom. The van der Waals surface area contributed by atoms with Gasteiger partial charge in [0.2, 0.25) is 0 Å². The lowest BCUT2D eigenvalue weighted by atomic mass is 9.91. The molecule has 0 spiro atoms. The van der Waals surface area contributed by atoms with Gasteiger partial charge in [-0.15, -0.1) is 6.58 Å². The number of hydrogen-bond acceptors (Lipinski definition) is 21. The van der Waals surface area contributed by atoms with E-state index in [4.69, 9.17) is 53.3 Å². The fourth-order valence-electron chi connectivity index (χ4n) is 18.1. The van der Waals surface area contributed by atoms with Crippen molar-refractivity contribution < 1.29 is 29.2 Å². The zero-order valence-electron chi connectivity index (χ0n) is 56.7. The van der Waals surface area contributed by atoms with Crippen LogP contribution in [0.3, 0.4) is 0 Å². The van der Waals surface area contributed by atoms with Crippen molar-refractivity contribution >= 4 is 171 Å². The number of benzene rings is 3. The summed E-state index contributed by atoms with van der Waals surface area (Å²) in [7, 11) is 0. The van der Waals surface area contributed by atoms with Crippen LogP contribution in [0.5, 0.6) is 0 Å². The summed E-state index contributed by atoms with van der Waals surface area (Å²) in [5, 5.41) is 27.7. The van der Waals surface area contributed by atoms with Crippen molar-refractivity contribution in [2.24, 2.45) is 34.0 Å². The van der Waals surface area contributed by atoms with E-state index < -0.39 is 23.8 Å². The molecule has 6 aliphatic carbocycles. The average molecular weight is 1690 g/mol. The number of aryl methyl sites for hydroxylation is 2. The predicted molar refractivity (Wildman–Crippen MR) is 415 cm³/mol. The maximum absolute atomic E-state index is 11.0. The number of aliphatic hydroxyl groups excluding tert-OH is 2. The number of rotatable bonds is 10. The van der Waals surface area contributed by atoms with Crippen LogP contribution >= 0.6 is 70.4 Å². The number of ether oxygens (including phenoxy) is 4. The first kappa shape index (κ1) is 68.3. The summed E-state index contributed by atoms with van der Waals surface area (Å²) in [4.78, 5) is 39.0. The van der Waals surface area contributed by atoms with E-state index in [9.17, 15) is 10.2 Å². The van der Waals surface area contributed by atoms with Gasteiger partial charge in [0.15, 0.2) is 11.6 Å². The Balaban J connectivity index is 0.000000107. The van der Waals surface area contributed by atoms with Crippen LogP contribution in [0.1, 0.15) is 89.1 Å². The number of hydrogen-bond donors (Lipinski definition) is 8. The summed E-state index contributed by atoms with van der Waals surface area (Å²) < 4.78 is 35.6. The molecule has 28 heteroatoms. The minimum Gasteiger partial charge on any atom is -0.390 e. The molecule has 20 rings (SSSR count). The number of nitrogen functional groups attached to an aromatic ring is 6. The van der Waals surface area contributed by atoms with E-state index in [-0.39, 0.29) is 64.7 Å². The minimum atomic E-state index is -0.851. The molecular weight excluding hydrogens is 1620 g/mol. The Morgan fingerprint density at radius 2 is 0.903 bits per heavy atom. The Bertz CT molecular complexity index is 5450. The summed E-state index contributed by atoms with van der Waals surface area (Å²) in [5.41, 5.74) is 43.1. The smallest absolute Gasteiger partial charge is 0.163 e. The molecule has 2 saturated heterocycles. The van der Waals surface area contributed by atoms with E-state index >= 15 is 0 Å². The molecule has 3 aromatic carbocycles. The molecule has 8 aliphatic rings. The molecule has 15 atom stereocenters. The number of anilines is 6. The van der Waals surface area contributed by atoms with E-state index in [1.54, 1.807) is 0 Å². The maximum atomic E-state index is 11.0. The highest BCUT2D eigenvalue weighted by molar-refractivity contribution is 14.1. The van der Waals surface area contributed by atoms with Gasteiger partial charge in [0.1, 0.15) is 89.1 Å². The molecule has 103 heavy (non-hydrogen) atoms. The van der Waals surface area contributed by atoms with Crippen LogP contribution in [0.4, 0.5) is 34.9 Å². The highest BCUT2D eigenvalue weighted by atomic mass is 127. The van der Waals surface area contributed by atoms with Gasteiger partial charge in [-0.2, -0.15) is 0 Å². The van der Waals surface area contributed by atoms with Gasteiger partial charge >= 0.3 is 0 Å². The zero-order chi connectivity index (χ0) is 71.7. The van der Waals surface area contributed by atoms with Gasteiger partial charge in [0, 0.05) is 54.6 Å². The highest BCUT2D eigenvalue weighted by Crippen LogP contribution is 2.75. The maximum Gasteiger partial charge on any atom is 0.163 e. The molecular formula is C75H76Br3IN18O6. The number of fused-ring (bicyclic) bond motifs is 13. The summed E-state index contributed by atoms with van der Waals surface area (Å²) in [5.74, 6) is 2.90. The Morgan fingerprint density at radius 1 is 0.495 bits per heavy atom. The van der Waals surface area contributed by atoms with Crippen molar-refractivity contribution in [1.29, 1.82) is 0 Å². The van der Waals surface area contributed by atoms with Crippen molar-refractivity contribution in [2.75, 3.05) is 34.4 Å². The normalized spacial score (nSPS) is 29.7. The second kappa shape index (κ2) is 24.9. The number of halogens is 4. The summed E-state index contributed by atoms with van der Waals surface area (Å²) in [6.45, 7) is 12.0. The van der Waals surface area contributed by atoms with E-state index in [0.717, 1.165) is 124 Å². The van der Waals surface area contributed by atoms with Gasteiger partial charge in [0.25, 0.3) is 0 Å². The predicted octanol–water partition coefficient (Wildman–Crippen LogP) is 12.9. The zero-order valence-corrected chi connectivity index (χ0v) is 63.6. The van der Waals surface area contributed by atoms with E-state index in [2.05, 4.69) is 174 Å². The largest absolute Gasteiger partial charge is 0.390 e. The third-order valence-corrected chi connectivity index (χ3v) is 25.8. The van der Waals surface area contributed by atoms with Gasteiger partial charge in [-0.25, -0.2) is 44.9 Å². The molecule has 24 nitrogen and oxygen atoms in total. The van der Waals surface area contributed by atoms with Crippen molar-refractivity contribution in [2.45, 2.75) is 139 Å². The molecule has 12 aromatic rings. The average Bonchev–Trinajstić information content (AvgIpc) is 1.51. The molecule has 8 fully saturated rings. The van der Waals surface area contributed by atoms with Crippen molar-refractivity contribution in [1.82, 2.24) is 58.6 Å². The third kappa shape index (κ3) is 11.5. The van der Waals surface area contributed by atoms with Crippen LogP contribution in [0.2, 0.25) is 0 Å². The van der Waals surface area contributed by atoms with E-state index in [1.807, 2.05) is 105 Å². The Labute approximate surface area is 630 Å². The van der Waals surface area contributed by atoms with Crippen LogP contribution < -0.4 is 34.4 Å². The second-order valence-electron chi connectivity index (χ2n) is 29.8. The second-order valence-corrected chi connectivity index (χ2v) is 33.6. The topological polar surface area (TPSA) is 364 Å². The molecule has 0 amide bonds. The van der Waals surface area contributed by atoms with Gasteiger partial charge < -0.3 is 77.3 Å². The summed E-state index contributed by atoms with van der Waals surface area (Å²) >= 11 is 12.5. The number of nitrogens with two attached hydrogens (primary N) is 6. The van der Waals surface area contributed by atoms with Crippen molar-refractivity contribution in [3.8, 4) is 0 Å². The first-order valence-electron chi connectivity index (χ1n) is 34.4.